The van der Waals surface area contributed by atoms with Crippen LogP contribution in [-0.2, 0) is 6.54 Å². The van der Waals surface area contributed by atoms with Crippen LogP contribution in [0.25, 0.3) is 11.3 Å². The minimum Gasteiger partial charge on any atom is -0.493 e. The van der Waals surface area contributed by atoms with Gasteiger partial charge in [-0.1, -0.05) is 48.9 Å². The maximum atomic E-state index is 13.6. The normalized spacial score (nSPS) is 14.7. The van der Waals surface area contributed by atoms with Crippen molar-refractivity contribution in [1.29, 1.82) is 0 Å². The molecule has 1 unspecified atom stereocenters. The Labute approximate surface area is 213 Å². The number of aromatic amines is 1. The van der Waals surface area contributed by atoms with Crippen LogP contribution >= 0.6 is 11.6 Å². The number of nitrogens with zero attached hydrogens (tertiary/aromatic N) is 2. The van der Waals surface area contributed by atoms with Gasteiger partial charge in [0.15, 0.2) is 11.5 Å². The fraction of sp³-hybridized carbons (Fsp3) is 0.214. The van der Waals surface area contributed by atoms with Crippen LogP contribution in [0.3, 0.4) is 0 Å². The molecule has 3 aromatic carbocycles. The predicted octanol–water partition coefficient (Wildman–Crippen LogP) is 6.41. The molecule has 1 aromatic heterocycles. The molecule has 0 saturated carbocycles. The third kappa shape index (κ3) is 4.42. The number of benzene rings is 3. The van der Waals surface area contributed by atoms with Gasteiger partial charge in [-0.3, -0.25) is 9.89 Å². The average Bonchev–Trinajstić information content (AvgIpc) is 3.43. The molecular weight excluding hydrogens is 481 g/mol. The molecule has 1 aliphatic heterocycles. The Kier molecular flexibility index (Phi) is 6.65. The highest BCUT2D eigenvalue weighted by atomic mass is 35.5. The molecule has 184 valence electrons. The Bertz CT molecular complexity index is 1390. The SMILES string of the molecule is CCCOc1ccc(C2c3c(-c4ccc(Cl)cc4)n[nH]c3C(=O)N2Cc2ccc(F)cc2)cc1OC. The lowest BCUT2D eigenvalue weighted by Gasteiger charge is -2.27. The van der Waals surface area contributed by atoms with Gasteiger partial charge in [-0.25, -0.2) is 4.39 Å². The molecule has 36 heavy (non-hydrogen) atoms. The van der Waals surface area contributed by atoms with Crippen LogP contribution in [0.15, 0.2) is 66.7 Å². The highest BCUT2D eigenvalue weighted by Gasteiger charge is 2.42. The first-order valence-electron chi connectivity index (χ1n) is 11.7. The lowest BCUT2D eigenvalue weighted by Crippen LogP contribution is -2.29. The van der Waals surface area contributed by atoms with Crippen molar-refractivity contribution < 1.29 is 18.7 Å². The van der Waals surface area contributed by atoms with Crippen LogP contribution in [0.5, 0.6) is 11.5 Å². The van der Waals surface area contributed by atoms with E-state index >= 15 is 0 Å². The largest absolute Gasteiger partial charge is 0.493 e. The van der Waals surface area contributed by atoms with Crippen LogP contribution in [0.1, 0.15) is 46.6 Å². The van der Waals surface area contributed by atoms with Crippen molar-refractivity contribution in [3.05, 3.63) is 100.0 Å². The maximum absolute atomic E-state index is 13.6. The first kappa shape index (κ1) is 23.9. The number of methoxy groups -OCH3 is 1. The summed E-state index contributed by atoms with van der Waals surface area (Å²) in [7, 11) is 1.59. The summed E-state index contributed by atoms with van der Waals surface area (Å²) in [5.74, 6) is 0.718. The summed E-state index contributed by atoms with van der Waals surface area (Å²) in [6.45, 7) is 2.90. The van der Waals surface area contributed by atoms with E-state index in [1.165, 1.54) is 12.1 Å². The quantitative estimate of drug-likeness (QED) is 0.300. The van der Waals surface area contributed by atoms with Crippen molar-refractivity contribution in [3.8, 4) is 22.8 Å². The van der Waals surface area contributed by atoms with Gasteiger partial charge in [0.2, 0.25) is 0 Å². The summed E-state index contributed by atoms with van der Waals surface area (Å²) in [6.07, 6.45) is 0.871. The lowest BCUT2D eigenvalue weighted by atomic mass is 9.95. The highest BCUT2D eigenvalue weighted by Crippen LogP contribution is 2.45. The van der Waals surface area contributed by atoms with Gasteiger partial charge in [0.25, 0.3) is 5.91 Å². The summed E-state index contributed by atoms with van der Waals surface area (Å²) < 4.78 is 25.0. The number of carbonyl (C=O) groups excluding carboxylic acids is 1. The van der Waals surface area contributed by atoms with Crippen LogP contribution < -0.4 is 9.47 Å². The Morgan fingerprint density at radius 3 is 2.50 bits per heavy atom. The van der Waals surface area contributed by atoms with Crippen molar-refractivity contribution in [2.75, 3.05) is 13.7 Å². The molecule has 0 spiro atoms. The summed E-state index contributed by atoms with van der Waals surface area (Å²) in [4.78, 5) is 15.4. The minimum atomic E-state index is -0.448. The Morgan fingerprint density at radius 2 is 1.81 bits per heavy atom. The number of halogens is 2. The Morgan fingerprint density at radius 1 is 1.06 bits per heavy atom. The van der Waals surface area contributed by atoms with Gasteiger partial charge in [-0.15, -0.1) is 0 Å². The molecule has 1 aliphatic rings. The number of fused-ring (bicyclic) bond motifs is 1. The molecule has 0 radical (unpaired) electrons. The molecule has 0 saturated heterocycles. The molecule has 8 heteroatoms. The average molecular weight is 506 g/mol. The van der Waals surface area contributed by atoms with Crippen LogP contribution in [0.2, 0.25) is 5.02 Å². The first-order chi connectivity index (χ1) is 17.5. The highest BCUT2D eigenvalue weighted by molar-refractivity contribution is 6.30. The van der Waals surface area contributed by atoms with Crippen LogP contribution in [0, 0.1) is 5.82 Å². The van der Waals surface area contributed by atoms with Crippen molar-refractivity contribution in [2.45, 2.75) is 25.9 Å². The minimum absolute atomic E-state index is 0.183. The van der Waals surface area contributed by atoms with Gasteiger partial charge in [0.05, 0.1) is 25.5 Å². The molecule has 0 aliphatic carbocycles. The zero-order valence-corrected chi connectivity index (χ0v) is 20.7. The molecule has 1 N–H and O–H groups in total. The van der Waals surface area contributed by atoms with E-state index in [-0.39, 0.29) is 11.7 Å². The van der Waals surface area contributed by atoms with E-state index < -0.39 is 6.04 Å². The number of ether oxygens (including phenoxy) is 2. The smallest absolute Gasteiger partial charge is 0.273 e. The molecule has 2 heterocycles. The van der Waals surface area contributed by atoms with E-state index in [2.05, 4.69) is 10.2 Å². The topological polar surface area (TPSA) is 67.5 Å². The number of rotatable bonds is 8. The monoisotopic (exact) mass is 505 g/mol. The second kappa shape index (κ2) is 10.0. The first-order valence-corrected chi connectivity index (χ1v) is 12.1. The molecule has 6 nitrogen and oxygen atoms in total. The number of hydrogen-bond donors (Lipinski definition) is 1. The predicted molar refractivity (Wildman–Crippen MR) is 136 cm³/mol. The van der Waals surface area contributed by atoms with E-state index in [1.807, 2.05) is 37.3 Å². The zero-order chi connectivity index (χ0) is 25.2. The number of aromatic nitrogens is 2. The van der Waals surface area contributed by atoms with E-state index in [1.54, 1.807) is 36.3 Å². The standard InChI is InChI=1S/C28H25ClFN3O3/c1-3-14-36-22-13-8-19(15-23(22)35-2)27-24-25(18-6-9-20(29)10-7-18)31-32-26(24)28(34)33(27)16-17-4-11-21(30)12-5-17/h4-13,15,27H,3,14,16H2,1-2H3,(H,31,32). The summed E-state index contributed by atoms with van der Waals surface area (Å²) in [5.41, 5.74) is 4.38. The number of hydrogen-bond acceptors (Lipinski definition) is 4. The fourth-order valence-corrected chi connectivity index (χ4v) is 4.63. The van der Waals surface area contributed by atoms with Gasteiger partial charge in [0, 0.05) is 22.7 Å². The van der Waals surface area contributed by atoms with Crippen molar-refractivity contribution in [1.82, 2.24) is 15.1 Å². The number of nitrogens with one attached hydrogen (secondary N) is 1. The fourth-order valence-electron chi connectivity index (χ4n) is 4.51. The van der Waals surface area contributed by atoms with Gasteiger partial charge in [-0.05, 0) is 53.9 Å². The Balaban J connectivity index is 1.62. The molecular formula is C28H25ClFN3O3. The van der Waals surface area contributed by atoms with E-state index in [4.69, 9.17) is 21.1 Å². The van der Waals surface area contributed by atoms with E-state index in [0.717, 1.165) is 28.7 Å². The third-order valence-electron chi connectivity index (χ3n) is 6.21. The second-order valence-electron chi connectivity index (χ2n) is 8.59. The molecule has 4 aromatic rings. The van der Waals surface area contributed by atoms with Gasteiger partial charge < -0.3 is 14.4 Å². The van der Waals surface area contributed by atoms with Crippen LogP contribution in [0.4, 0.5) is 4.39 Å². The molecule has 5 rings (SSSR count). The number of amides is 1. The lowest BCUT2D eigenvalue weighted by molar-refractivity contribution is 0.0730. The molecule has 1 amide bonds. The number of H-pyrrole nitrogens is 1. The van der Waals surface area contributed by atoms with Crippen molar-refractivity contribution >= 4 is 17.5 Å². The second-order valence-corrected chi connectivity index (χ2v) is 9.03. The maximum Gasteiger partial charge on any atom is 0.273 e. The molecule has 1 atom stereocenters. The summed E-state index contributed by atoms with van der Waals surface area (Å²) in [6, 6.07) is 18.8. The zero-order valence-electron chi connectivity index (χ0n) is 19.9. The van der Waals surface area contributed by atoms with E-state index in [9.17, 15) is 9.18 Å². The Hall–Kier alpha value is -3.84. The van der Waals surface area contributed by atoms with Crippen molar-refractivity contribution in [2.24, 2.45) is 0 Å². The van der Waals surface area contributed by atoms with Gasteiger partial charge in [0.1, 0.15) is 11.5 Å². The molecule has 0 fully saturated rings. The van der Waals surface area contributed by atoms with Crippen molar-refractivity contribution in [3.63, 3.8) is 0 Å². The van der Waals surface area contributed by atoms with Gasteiger partial charge in [-0.2, -0.15) is 5.10 Å². The van der Waals surface area contributed by atoms with E-state index in [0.29, 0.717) is 41.1 Å². The summed E-state index contributed by atoms with van der Waals surface area (Å²) >= 11 is 6.10. The number of carbonyl (C=O) groups is 1. The molecule has 0 bridgehead atoms. The van der Waals surface area contributed by atoms with Gasteiger partial charge >= 0.3 is 0 Å². The van der Waals surface area contributed by atoms with Crippen LogP contribution in [-0.4, -0.2) is 34.7 Å². The summed E-state index contributed by atoms with van der Waals surface area (Å²) in [5, 5.41) is 8.06. The third-order valence-corrected chi connectivity index (χ3v) is 6.46.